The molecule has 0 unspecified atom stereocenters. The molecule has 4 heterocycles. The molecule has 0 amide bonds. The van der Waals surface area contributed by atoms with Gasteiger partial charge in [-0.15, -0.1) is 5.10 Å². The lowest BCUT2D eigenvalue weighted by Crippen LogP contribution is -2.39. The Morgan fingerprint density at radius 1 is 1.03 bits per heavy atom. The number of rotatable bonds is 4. The number of piperidine rings is 1. The molecule has 1 fully saturated rings. The van der Waals surface area contributed by atoms with E-state index < -0.39 is 0 Å². The van der Waals surface area contributed by atoms with Crippen molar-refractivity contribution in [1.82, 2.24) is 24.7 Å². The maximum Gasteiger partial charge on any atom is 0.244 e. The van der Waals surface area contributed by atoms with Crippen molar-refractivity contribution in [1.29, 1.82) is 0 Å². The molecule has 1 aromatic carbocycles. The van der Waals surface area contributed by atoms with Gasteiger partial charge in [0.15, 0.2) is 0 Å². The Morgan fingerprint density at radius 2 is 1.87 bits per heavy atom. The van der Waals surface area contributed by atoms with E-state index in [9.17, 15) is 4.39 Å². The molecule has 2 aliphatic rings. The van der Waals surface area contributed by atoms with Crippen molar-refractivity contribution < 1.29 is 4.39 Å². The molecular formula is C22H27FN8. The third-order valence-corrected chi connectivity index (χ3v) is 6.04. The van der Waals surface area contributed by atoms with Crippen molar-refractivity contribution in [2.45, 2.75) is 45.7 Å². The number of aryl methyl sites for hydroxylation is 3. The zero-order chi connectivity index (χ0) is 21.4. The van der Waals surface area contributed by atoms with E-state index in [4.69, 9.17) is 10.1 Å². The van der Waals surface area contributed by atoms with E-state index in [1.165, 1.54) is 6.07 Å². The normalized spacial score (nSPS) is 17.0. The molecule has 3 aromatic rings. The van der Waals surface area contributed by atoms with Gasteiger partial charge in [0.05, 0.1) is 0 Å². The summed E-state index contributed by atoms with van der Waals surface area (Å²) in [5.41, 5.74) is 2.57. The second kappa shape index (κ2) is 8.13. The van der Waals surface area contributed by atoms with Crippen molar-refractivity contribution in [3.8, 4) is 0 Å². The Labute approximate surface area is 181 Å². The topological polar surface area (TPSA) is 75.0 Å². The number of halogens is 1. The van der Waals surface area contributed by atoms with Gasteiger partial charge in [-0.1, -0.05) is 0 Å². The van der Waals surface area contributed by atoms with Gasteiger partial charge in [0.2, 0.25) is 11.9 Å². The lowest BCUT2D eigenvalue weighted by atomic mass is 10.1. The molecule has 2 aliphatic heterocycles. The molecule has 0 aliphatic carbocycles. The van der Waals surface area contributed by atoms with Crippen molar-refractivity contribution >= 4 is 23.4 Å². The highest BCUT2D eigenvalue weighted by Crippen LogP contribution is 2.30. The molecule has 31 heavy (non-hydrogen) atoms. The number of nitrogens with one attached hydrogen (secondary N) is 1. The zero-order valence-electron chi connectivity index (χ0n) is 17.9. The highest BCUT2D eigenvalue weighted by atomic mass is 19.1. The van der Waals surface area contributed by atoms with Gasteiger partial charge < -0.3 is 15.1 Å². The van der Waals surface area contributed by atoms with E-state index in [0.29, 0.717) is 17.6 Å². The Hall–Kier alpha value is -3.23. The first kappa shape index (κ1) is 19.7. The van der Waals surface area contributed by atoms with E-state index in [1.807, 2.05) is 29.8 Å². The first-order valence-corrected chi connectivity index (χ1v) is 10.9. The van der Waals surface area contributed by atoms with Crippen LogP contribution in [0.5, 0.6) is 0 Å². The Morgan fingerprint density at radius 3 is 2.65 bits per heavy atom. The van der Waals surface area contributed by atoms with Crippen LogP contribution in [0.1, 0.15) is 30.5 Å². The molecule has 0 bridgehead atoms. The van der Waals surface area contributed by atoms with Gasteiger partial charge in [-0.3, -0.25) is 0 Å². The zero-order valence-corrected chi connectivity index (χ0v) is 17.9. The first-order chi connectivity index (χ1) is 15.1. The van der Waals surface area contributed by atoms with E-state index >= 15 is 0 Å². The summed E-state index contributed by atoms with van der Waals surface area (Å²) in [7, 11) is 0. The number of hydrogen-bond donors (Lipinski definition) is 1. The molecule has 1 N–H and O–H groups in total. The monoisotopic (exact) mass is 422 g/mol. The molecule has 2 aromatic heterocycles. The summed E-state index contributed by atoms with van der Waals surface area (Å²) in [6.45, 7) is 7.33. The molecule has 0 spiro atoms. The fraction of sp³-hybridized carbons (Fsp3) is 0.455. The van der Waals surface area contributed by atoms with E-state index in [2.05, 4.69) is 25.1 Å². The van der Waals surface area contributed by atoms with E-state index in [0.717, 1.165) is 68.6 Å². The van der Waals surface area contributed by atoms with Crippen LogP contribution in [0.4, 0.5) is 27.8 Å². The number of hydrogen-bond acceptors (Lipinski definition) is 7. The van der Waals surface area contributed by atoms with Crippen LogP contribution in [0, 0.1) is 19.7 Å². The van der Waals surface area contributed by atoms with Gasteiger partial charge in [0, 0.05) is 49.7 Å². The predicted octanol–water partition coefficient (Wildman–Crippen LogP) is 3.45. The molecule has 8 nitrogen and oxygen atoms in total. The minimum atomic E-state index is -0.187. The van der Waals surface area contributed by atoms with Gasteiger partial charge in [-0.05, 0) is 56.9 Å². The van der Waals surface area contributed by atoms with Crippen molar-refractivity contribution in [2.24, 2.45) is 0 Å². The molecule has 0 saturated carbocycles. The standard InChI is InChI=1S/C22H27FN8/c1-15-12-18(4-5-19(15)23)30-8-3-9-31-22(30)27-21(28-31)26-17-6-10-29(11-7-17)20-13-16(2)24-14-25-20/h4-5,12-14,17H,3,6-11H2,1-2H3,(H,26,28). The largest absolute Gasteiger partial charge is 0.356 e. The highest BCUT2D eigenvalue weighted by Gasteiger charge is 2.25. The predicted molar refractivity (Wildman–Crippen MR) is 118 cm³/mol. The summed E-state index contributed by atoms with van der Waals surface area (Å²) in [4.78, 5) is 17.8. The number of benzene rings is 1. The number of aromatic nitrogens is 5. The number of anilines is 4. The molecular weight excluding hydrogens is 395 g/mol. The van der Waals surface area contributed by atoms with Gasteiger partial charge in [-0.2, -0.15) is 4.98 Å². The maximum absolute atomic E-state index is 13.7. The highest BCUT2D eigenvalue weighted by molar-refractivity contribution is 5.60. The Bertz CT molecular complexity index is 1070. The minimum Gasteiger partial charge on any atom is -0.356 e. The summed E-state index contributed by atoms with van der Waals surface area (Å²) in [5, 5.41) is 8.22. The van der Waals surface area contributed by atoms with Crippen molar-refractivity contribution in [3.63, 3.8) is 0 Å². The van der Waals surface area contributed by atoms with Gasteiger partial charge >= 0.3 is 0 Å². The number of nitrogens with zero attached hydrogens (tertiary/aromatic N) is 7. The summed E-state index contributed by atoms with van der Waals surface area (Å²) >= 11 is 0. The summed E-state index contributed by atoms with van der Waals surface area (Å²) < 4.78 is 15.7. The summed E-state index contributed by atoms with van der Waals surface area (Å²) in [6.07, 6.45) is 4.59. The average molecular weight is 423 g/mol. The maximum atomic E-state index is 13.7. The molecule has 0 radical (unpaired) electrons. The number of fused-ring (bicyclic) bond motifs is 1. The molecule has 9 heteroatoms. The molecule has 1 saturated heterocycles. The first-order valence-electron chi connectivity index (χ1n) is 10.9. The van der Waals surface area contributed by atoms with Crippen LogP contribution in [0.15, 0.2) is 30.6 Å². The quantitative estimate of drug-likeness (QED) is 0.690. The fourth-order valence-corrected chi connectivity index (χ4v) is 4.31. The van der Waals surface area contributed by atoms with Gasteiger partial charge in [0.1, 0.15) is 18.0 Å². The van der Waals surface area contributed by atoms with E-state index in [-0.39, 0.29) is 5.82 Å². The van der Waals surface area contributed by atoms with Crippen LogP contribution in [-0.2, 0) is 6.54 Å². The lowest BCUT2D eigenvalue weighted by Gasteiger charge is -2.32. The van der Waals surface area contributed by atoms with Crippen LogP contribution < -0.4 is 15.1 Å². The SMILES string of the molecule is Cc1cc(N2CCC(Nc3nc4n(n3)CCCN4c3ccc(F)c(C)c3)CC2)ncn1. The third kappa shape index (κ3) is 4.04. The Kier molecular flexibility index (Phi) is 5.17. The van der Waals surface area contributed by atoms with Crippen LogP contribution in [0.25, 0.3) is 0 Å². The average Bonchev–Trinajstić information content (AvgIpc) is 3.19. The fourth-order valence-electron chi connectivity index (χ4n) is 4.31. The van der Waals surface area contributed by atoms with Crippen LogP contribution in [0.3, 0.4) is 0 Å². The van der Waals surface area contributed by atoms with Gasteiger partial charge in [-0.25, -0.2) is 19.0 Å². The van der Waals surface area contributed by atoms with Crippen molar-refractivity contribution in [2.75, 3.05) is 34.8 Å². The van der Waals surface area contributed by atoms with Crippen LogP contribution in [0.2, 0.25) is 0 Å². The van der Waals surface area contributed by atoms with Gasteiger partial charge in [0.25, 0.3) is 0 Å². The Balaban J connectivity index is 1.27. The minimum absolute atomic E-state index is 0.187. The third-order valence-electron chi connectivity index (χ3n) is 6.04. The lowest BCUT2D eigenvalue weighted by molar-refractivity contribution is 0.516. The van der Waals surface area contributed by atoms with Crippen LogP contribution >= 0.6 is 0 Å². The van der Waals surface area contributed by atoms with E-state index in [1.54, 1.807) is 13.3 Å². The second-order valence-corrected chi connectivity index (χ2v) is 8.32. The molecule has 0 atom stereocenters. The summed E-state index contributed by atoms with van der Waals surface area (Å²) in [6, 6.07) is 7.56. The smallest absolute Gasteiger partial charge is 0.244 e. The molecule has 5 rings (SSSR count). The van der Waals surface area contributed by atoms with Crippen molar-refractivity contribution in [3.05, 3.63) is 47.7 Å². The summed E-state index contributed by atoms with van der Waals surface area (Å²) in [5.74, 6) is 2.28. The van der Waals surface area contributed by atoms with Crippen LogP contribution in [-0.4, -0.2) is 50.4 Å². The molecule has 162 valence electrons. The second-order valence-electron chi connectivity index (χ2n) is 8.32.